The molecule has 1 aliphatic heterocycles. The Balaban J connectivity index is 1.79. The van der Waals surface area contributed by atoms with Crippen LogP contribution in [0.25, 0.3) is 0 Å². The molecule has 0 saturated carbocycles. The van der Waals surface area contributed by atoms with Crippen molar-refractivity contribution >= 4 is 31.9 Å². The zero-order chi connectivity index (χ0) is 15.0. The lowest BCUT2D eigenvalue weighted by atomic mass is 9.98. The Labute approximate surface area is 143 Å². The highest BCUT2D eigenvalue weighted by atomic mass is 79.9. The minimum atomic E-state index is -0.0763. The van der Waals surface area contributed by atoms with Gasteiger partial charge in [0, 0.05) is 15.7 Å². The van der Waals surface area contributed by atoms with E-state index in [2.05, 4.69) is 88.2 Å². The van der Waals surface area contributed by atoms with E-state index in [1.165, 1.54) is 16.7 Å². The van der Waals surface area contributed by atoms with Crippen LogP contribution in [0.3, 0.4) is 0 Å². The maximum atomic E-state index is 5.94. The Bertz CT molecular complexity index is 664. The van der Waals surface area contributed by atoms with E-state index in [9.17, 15) is 0 Å². The Kier molecular flexibility index (Phi) is 4.15. The Hall–Kier alpha value is -0.800. The third-order valence-corrected chi connectivity index (χ3v) is 5.10. The number of ether oxygens (including phenoxy) is 1. The molecule has 1 aliphatic rings. The predicted molar refractivity (Wildman–Crippen MR) is 94.4 cm³/mol. The first kappa shape index (κ1) is 15.1. The summed E-state index contributed by atoms with van der Waals surface area (Å²) in [5.41, 5.74) is 3.88. The second kappa shape index (κ2) is 5.77. The van der Waals surface area contributed by atoms with Gasteiger partial charge in [-0.2, -0.15) is 0 Å². The summed E-state index contributed by atoms with van der Waals surface area (Å²) in [5.74, 6) is 1.03. The Morgan fingerprint density at radius 2 is 2.00 bits per heavy atom. The van der Waals surface area contributed by atoms with Gasteiger partial charge >= 0.3 is 0 Å². The minimum Gasteiger partial charge on any atom is -0.487 e. The van der Waals surface area contributed by atoms with Crippen molar-refractivity contribution in [1.82, 2.24) is 0 Å². The second-order valence-corrected chi connectivity index (χ2v) is 8.23. The molecule has 0 fully saturated rings. The van der Waals surface area contributed by atoms with Crippen LogP contribution in [0.15, 0.2) is 46.9 Å². The highest BCUT2D eigenvalue weighted by molar-refractivity contribution is 9.10. The molecule has 21 heavy (non-hydrogen) atoms. The summed E-state index contributed by atoms with van der Waals surface area (Å²) in [6, 6.07) is 15.0. The van der Waals surface area contributed by atoms with Crippen LogP contribution in [0.4, 0.5) is 0 Å². The van der Waals surface area contributed by atoms with E-state index in [0.29, 0.717) is 4.83 Å². The molecular weight excluding hydrogens is 392 g/mol. The van der Waals surface area contributed by atoms with Gasteiger partial charge in [0.25, 0.3) is 0 Å². The van der Waals surface area contributed by atoms with Crippen LogP contribution < -0.4 is 4.74 Å². The van der Waals surface area contributed by atoms with Crippen LogP contribution in [-0.4, -0.2) is 5.60 Å². The summed E-state index contributed by atoms with van der Waals surface area (Å²) >= 11 is 7.36. The molecular formula is C18H18Br2O. The third kappa shape index (κ3) is 3.51. The summed E-state index contributed by atoms with van der Waals surface area (Å²) in [4.78, 5) is 0.320. The van der Waals surface area contributed by atoms with E-state index in [1.807, 2.05) is 0 Å². The topological polar surface area (TPSA) is 9.23 Å². The smallest absolute Gasteiger partial charge is 0.123 e. The molecule has 3 rings (SSSR count). The van der Waals surface area contributed by atoms with Crippen molar-refractivity contribution in [2.45, 2.75) is 37.1 Å². The fourth-order valence-electron chi connectivity index (χ4n) is 2.81. The normalized spacial score (nSPS) is 17.1. The third-order valence-electron chi connectivity index (χ3n) is 3.75. The lowest BCUT2D eigenvalue weighted by molar-refractivity contribution is 0.138. The number of hydrogen-bond donors (Lipinski definition) is 0. The van der Waals surface area contributed by atoms with Crippen molar-refractivity contribution in [2.75, 3.05) is 0 Å². The van der Waals surface area contributed by atoms with Gasteiger partial charge in [0.1, 0.15) is 11.4 Å². The average molecular weight is 410 g/mol. The van der Waals surface area contributed by atoms with Crippen LogP contribution in [0.2, 0.25) is 0 Å². The molecule has 0 aliphatic carbocycles. The van der Waals surface area contributed by atoms with Gasteiger partial charge in [-0.05, 0) is 55.2 Å². The van der Waals surface area contributed by atoms with E-state index in [0.717, 1.165) is 23.1 Å². The van der Waals surface area contributed by atoms with Gasteiger partial charge in [-0.25, -0.2) is 0 Å². The standard InChI is InChI=1S/C18H18Br2O/c1-18(2)11-14-10-13(6-7-17(14)21-18)16(20)9-12-4-3-5-15(19)8-12/h3-8,10,16H,9,11H2,1-2H3. The minimum absolute atomic E-state index is 0.0763. The summed E-state index contributed by atoms with van der Waals surface area (Å²) in [6.45, 7) is 4.28. The number of halogens is 2. The Morgan fingerprint density at radius 1 is 1.19 bits per heavy atom. The maximum Gasteiger partial charge on any atom is 0.123 e. The van der Waals surface area contributed by atoms with Gasteiger partial charge in [-0.1, -0.05) is 56.1 Å². The molecule has 0 N–H and O–H groups in total. The molecule has 3 heteroatoms. The summed E-state index contributed by atoms with van der Waals surface area (Å²) in [7, 11) is 0. The summed E-state index contributed by atoms with van der Waals surface area (Å²) in [6.07, 6.45) is 1.95. The van der Waals surface area contributed by atoms with Crippen molar-refractivity contribution in [1.29, 1.82) is 0 Å². The largest absolute Gasteiger partial charge is 0.487 e. The molecule has 1 nitrogen and oxygen atoms in total. The molecule has 1 heterocycles. The lowest BCUT2D eigenvalue weighted by Gasteiger charge is -2.16. The number of fused-ring (bicyclic) bond motifs is 1. The molecule has 2 aromatic carbocycles. The molecule has 0 spiro atoms. The van der Waals surface area contributed by atoms with Gasteiger partial charge < -0.3 is 4.74 Å². The van der Waals surface area contributed by atoms with Gasteiger partial charge in [0.15, 0.2) is 0 Å². The zero-order valence-electron chi connectivity index (χ0n) is 12.2. The van der Waals surface area contributed by atoms with Gasteiger partial charge in [-0.15, -0.1) is 0 Å². The molecule has 0 aromatic heterocycles. The number of hydrogen-bond acceptors (Lipinski definition) is 1. The number of benzene rings is 2. The molecule has 0 bridgehead atoms. The lowest BCUT2D eigenvalue weighted by Crippen LogP contribution is -2.24. The first-order valence-corrected chi connectivity index (χ1v) is 8.84. The van der Waals surface area contributed by atoms with Gasteiger partial charge in [-0.3, -0.25) is 0 Å². The van der Waals surface area contributed by atoms with E-state index in [-0.39, 0.29) is 5.60 Å². The highest BCUT2D eigenvalue weighted by Gasteiger charge is 2.30. The molecule has 1 atom stereocenters. The SMILES string of the molecule is CC1(C)Cc2cc(C(Br)Cc3cccc(Br)c3)ccc2O1. The van der Waals surface area contributed by atoms with Crippen LogP contribution in [-0.2, 0) is 12.8 Å². The average Bonchev–Trinajstić information content (AvgIpc) is 2.71. The first-order valence-electron chi connectivity index (χ1n) is 7.13. The fraction of sp³-hybridized carbons (Fsp3) is 0.333. The molecule has 110 valence electrons. The second-order valence-electron chi connectivity index (χ2n) is 6.21. The number of alkyl halides is 1. The van der Waals surface area contributed by atoms with E-state index in [1.54, 1.807) is 0 Å². The van der Waals surface area contributed by atoms with Crippen LogP contribution in [0.1, 0.15) is 35.4 Å². The summed E-state index contributed by atoms with van der Waals surface area (Å²) < 4.78 is 7.07. The van der Waals surface area contributed by atoms with Gasteiger partial charge in [0.2, 0.25) is 0 Å². The quantitative estimate of drug-likeness (QED) is 0.578. The van der Waals surface area contributed by atoms with Crippen LogP contribution in [0, 0.1) is 0 Å². The van der Waals surface area contributed by atoms with E-state index >= 15 is 0 Å². The monoisotopic (exact) mass is 408 g/mol. The van der Waals surface area contributed by atoms with Crippen molar-refractivity contribution in [2.24, 2.45) is 0 Å². The predicted octanol–water partition coefficient (Wildman–Crippen LogP) is 5.84. The van der Waals surface area contributed by atoms with Crippen molar-refractivity contribution in [3.05, 3.63) is 63.6 Å². The Morgan fingerprint density at radius 3 is 2.76 bits per heavy atom. The maximum absolute atomic E-state index is 5.94. The van der Waals surface area contributed by atoms with Crippen molar-refractivity contribution in [3.63, 3.8) is 0 Å². The highest BCUT2D eigenvalue weighted by Crippen LogP contribution is 2.38. The van der Waals surface area contributed by atoms with Gasteiger partial charge in [0.05, 0.1) is 0 Å². The van der Waals surface area contributed by atoms with Crippen LogP contribution >= 0.6 is 31.9 Å². The first-order chi connectivity index (χ1) is 9.93. The molecule has 0 radical (unpaired) electrons. The molecule has 0 amide bonds. The fourth-order valence-corrected chi connectivity index (χ4v) is 3.92. The summed E-state index contributed by atoms with van der Waals surface area (Å²) in [5, 5.41) is 0. The number of rotatable bonds is 3. The molecule has 0 saturated heterocycles. The molecule has 2 aromatic rings. The van der Waals surface area contributed by atoms with Crippen molar-refractivity contribution in [3.8, 4) is 5.75 Å². The van der Waals surface area contributed by atoms with E-state index in [4.69, 9.17) is 4.74 Å². The zero-order valence-corrected chi connectivity index (χ0v) is 15.4. The van der Waals surface area contributed by atoms with Crippen LogP contribution in [0.5, 0.6) is 5.75 Å². The van der Waals surface area contributed by atoms with E-state index < -0.39 is 0 Å². The molecule has 1 unspecified atom stereocenters. The van der Waals surface area contributed by atoms with Crippen molar-refractivity contribution < 1.29 is 4.74 Å².